The molecule has 0 amide bonds. The van der Waals surface area contributed by atoms with E-state index in [-0.39, 0.29) is 0 Å². The molecular formula is C16H18N4OS. The number of nitrogens with zero attached hydrogens (tertiary/aromatic N) is 3. The zero-order valence-electron chi connectivity index (χ0n) is 13.0. The average molecular weight is 314 g/mol. The molecule has 0 spiro atoms. The fourth-order valence-corrected chi connectivity index (χ4v) is 3.22. The molecule has 0 saturated heterocycles. The highest BCUT2D eigenvalue weighted by Crippen LogP contribution is 2.31. The van der Waals surface area contributed by atoms with E-state index in [1.165, 1.54) is 0 Å². The molecule has 3 aromatic rings. The van der Waals surface area contributed by atoms with Gasteiger partial charge in [0.1, 0.15) is 11.6 Å². The molecule has 2 N–H and O–H groups in total. The van der Waals surface area contributed by atoms with E-state index in [1.807, 2.05) is 24.4 Å². The highest BCUT2D eigenvalue weighted by atomic mass is 32.1. The molecule has 0 atom stereocenters. The molecule has 22 heavy (non-hydrogen) atoms. The number of methoxy groups -OCH3 is 1. The van der Waals surface area contributed by atoms with E-state index in [9.17, 15) is 0 Å². The minimum atomic E-state index is 0.379. The number of thiazole rings is 1. The van der Waals surface area contributed by atoms with Gasteiger partial charge in [0.25, 0.3) is 0 Å². The van der Waals surface area contributed by atoms with Crippen LogP contribution in [0.4, 0.5) is 5.82 Å². The van der Waals surface area contributed by atoms with Crippen molar-refractivity contribution in [1.29, 1.82) is 0 Å². The molecule has 2 aromatic heterocycles. The van der Waals surface area contributed by atoms with E-state index in [0.29, 0.717) is 17.6 Å². The first-order valence-corrected chi connectivity index (χ1v) is 7.95. The van der Waals surface area contributed by atoms with Crippen LogP contribution in [-0.4, -0.2) is 22.1 Å². The third-order valence-electron chi connectivity index (χ3n) is 3.63. The maximum absolute atomic E-state index is 6.11. The van der Waals surface area contributed by atoms with Crippen LogP contribution in [0.2, 0.25) is 0 Å². The molecule has 2 heterocycles. The monoisotopic (exact) mass is 314 g/mol. The summed E-state index contributed by atoms with van der Waals surface area (Å²) < 4.78 is 5.36. The van der Waals surface area contributed by atoms with E-state index >= 15 is 0 Å². The van der Waals surface area contributed by atoms with Crippen molar-refractivity contribution < 1.29 is 4.74 Å². The van der Waals surface area contributed by atoms with Crippen LogP contribution in [0.15, 0.2) is 17.5 Å². The van der Waals surface area contributed by atoms with Gasteiger partial charge in [-0.05, 0) is 25.0 Å². The second-order valence-corrected chi connectivity index (χ2v) is 6.31. The molecule has 114 valence electrons. The highest BCUT2D eigenvalue weighted by molar-refractivity contribution is 7.13. The van der Waals surface area contributed by atoms with Gasteiger partial charge in [0.15, 0.2) is 10.8 Å². The van der Waals surface area contributed by atoms with Crippen molar-refractivity contribution in [2.45, 2.75) is 26.7 Å². The van der Waals surface area contributed by atoms with Crippen LogP contribution in [0.25, 0.3) is 21.7 Å². The molecule has 6 heteroatoms. The van der Waals surface area contributed by atoms with Gasteiger partial charge < -0.3 is 10.5 Å². The number of fused-ring (bicyclic) bond motifs is 1. The number of anilines is 1. The zero-order chi connectivity index (χ0) is 15.9. The fourth-order valence-electron chi connectivity index (χ4n) is 2.31. The Balaban J connectivity index is 2.20. The van der Waals surface area contributed by atoms with Crippen LogP contribution >= 0.6 is 11.3 Å². The molecular weight excluding hydrogens is 296 g/mol. The number of hydrogen-bond acceptors (Lipinski definition) is 6. The topological polar surface area (TPSA) is 73.9 Å². The number of rotatable bonds is 3. The quantitative estimate of drug-likeness (QED) is 0.796. The van der Waals surface area contributed by atoms with Gasteiger partial charge in [-0.1, -0.05) is 13.8 Å². The first kappa shape index (κ1) is 14.7. The first-order chi connectivity index (χ1) is 10.5. The Bertz CT molecular complexity index is 842. The normalized spacial score (nSPS) is 11.3. The van der Waals surface area contributed by atoms with Crippen molar-refractivity contribution in [1.82, 2.24) is 15.0 Å². The standard InChI is InChI=1S/C16H18N4OS/c1-8(2)11-7-22-16(18-11)15-19-13-9(3)12(21-4)6-5-10(13)14(17)20-15/h5-8H,1-4H3,(H2,17,19,20). The second kappa shape index (κ2) is 5.53. The Morgan fingerprint density at radius 3 is 2.59 bits per heavy atom. The predicted octanol–water partition coefficient (Wildman–Crippen LogP) is 3.78. The lowest BCUT2D eigenvalue weighted by molar-refractivity contribution is 0.412. The van der Waals surface area contributed by atoms with Gasteiger partial charge in [-0.3, -0.25) is 0 Å². The molecule has 5 nitrogen and oxygen atoms in total. The zero-order valence-corrected chi connectivity index (χ0v) is 13.9. The van der Waals surface area contributed by atoms with E-state index < -0.39 is 0 Å². The van der Waals surface area contributed by atoms with Crippen molar-refractivity contribution in [3.63, 3.8) is 0 Å². The van der Waals surface area contributed by atoms with E-state index in [1.54, 1.807) is 18.4 Å². The highest BCUT2D eigenvalue weighted by Gasteiger charge is 2.15. The third-order valence-corrected chi connectivity index (χ3v) is 4.48. The Labute approximate surface area is 133 Å². The largest absolute Gasteiger partial charge is 0.496 e. The van der Waals surface area contributed by atoms with Crippen LogP contribution in [0.5, 0.6) is 5.75 Å². The molecule has 0 aliphatic carbocycles. The number of nitrogens with two attached hydrogens (primary N) is 1. The molecule has 1 aromatic carbocycles. The summed E-state index contributed by atoms with van der Waals surface area (Å²) in [5, 5.41) is 3.67. The van der Waals surface area contributed by atoms with Crippen molar-refractivity contribution in [3.05, 3.63) is 28.8 Å². The molecule has 0 unspecified atom stereocenters. The van der Waals surface area contributed by atoms with E-state index in [2.05, 4.69) is 28.8 Å². The van der Waals surface area contributed by atoms with Crippen LogP contribution < -0.4 is 10.5 Å². The first-order valence-electron chi connectivity index (χ1n) is 7.08. The lowest BCUT2D eigenvalue weighted by atomic mass is 10.1. The van der Waals surface area contributed by atoms with Crippen LogP contribution in [-0.2, 0) is 0 Å². The Morgan fingerprint density at radius 2 is 1.95 bits per heavy atom. The summed E-state index contributed by atoms with van der Waals surface area (Å²) in [6.45, 7) is 6.20. The van der Waals surface area contributed by atoms with Crippen molar-refractivity contribution in [2.24, 2.45) is 0 Å². The van der Waals surface area contributed by atoms with Gasteiger partial charge in [-0.2, -0.15) is 0 Å². The fraction of sp³-hybridized carbons (Fsp3) is 0.312. The molecule has 3 rings (SSSR count). The van der Waals surface area contributed by atoms with Crippen LogP contribution in [0.3, 0.4) is 0 Å². The minimum absolute atomic E-state index is 0.379. The Morgan fingerprint density at radius 1 is 1.18 bits per heavy atom. The summed E-state index contributed by atoms with van der Waals surface area (Å²) >= 11 is 1.54. The van der Waals surface area contributed by atoms with E-state index in [0.717, 1.165) is 32.9 Å². The van der Waals surface area contributed by atoms with Gasteiger partial charge in [-0.25, -0.2) is 15.0 Å². The molecule has 0 bridgehead atoms. The molecule has 0 saturated carbocycles. The Kier molecular flexibility index (Phi) is 3.70. The van der Waals surface area contributed by atoms with Crippen LogP contribution in [0, 0.1) is 6.92 Å². The van der Waals surface area contributed by atoms with Crippen molar-refractivity contribution in [2.75, 3.05) is 12.8 Å². The van der Waals surface area contributed by atoms with Crippen molar-refractivity contribution in [3.8, 4) is 16.6 Å². The second-order valence-electron chi connectivity index (χ2n) is 5.45. The molecule has 0 aliphatic rings. The van der Waals surface area contributed by atoms with Gasteiger partial charge in [-0.15, -0.1) is 11.3 Å². The summed E-state index contributed by atoms with van der Waals surface area (Å²) in [6, 6.07) is 3.78. The van der Waals surface area contributed by atoms with Crippen molar-refractivity contribution >= 4 is 28.1 Å². The number of aryl methyl sites for hydroxylation is 1. The summed E-state index contributed by atoms with van der Waals surface area (Å²) in [6.07, 6.45) is 0. The number of benzene rings is 1. The van der Waals surface area contributed by atoms with Gasteiger partial charge in [0.2, 0.25) is 0 Å². The predicted molar refractivity (Wildman–Crippen MR) is 90.4 cm³/mol. The maximum Gasteiger partial charge on any atom is 0.191 e. The summed E-state index contributed by atoms with van der Waals surface area (Å²) in [5.74, 6) is 2.20. The number of aromatic nitrogens is 3. The number of hydrogen-bond donors (Lipinski definition) is 1. The van der Waals surface area contributed by atoms with E-state index in [4.69, 9.17) is 10.5 Å². The summed E-state index contributed by atoms with van der Waals surface area (Å²) in [7, 11) is 1.65. The number of nitrogen functional groups attached to an aromatic ring is 1. The van der Waals surface area contributed by atoms with Gasteiger partial charge >= 0.3 is 0 Å². The Hall–Kier alpha value is -2.21. The smallest absolute Gasteiger partial charge is 0.191 e. The molecule has 0 aliphatic heterocycles. The maximum atomic E-state index is 6.11. The van der Waals surface area contributed by atoms with Crippen LogP contribution in [0.1, 0.15) is 31.0 Å². The SMILES string of the molecule is COc1ccc2c(N)nc(-c3nc(C(C)C)cs3)nc2c1C. The molecule has 0 radical (unpaired) electrons. The minimum Gasteiger partial charge on any atom is -0.496 e. The lowest BCUT2D eigenvalue weighted by Gasteiger charge is -2.09. The summed E-state index contributed by atoms with van der Waals surface area (Å²) in [4.78, 5) is 13.7. The lowest BCUT2D eigenvalue weighted by Crippen LogP contribution is -2.00. The average Bonchev–Trinajstić information content (AvgIpc) is 2.98. The summed E-state index contributed by atoms with van der Waals surface area (Å²) in [5.41, 5.74) is 8.92. The van der Waals surface area contributed by atoms with Gasteiger partial charge in [0.05, 0.1) is 18.3 Å². The number of ether oxygens (including phenoxy) is 1. The van der Waals surface area contributed by atoms with Gasteiger partial charge in [0, 0.05) is 16.3 Å². The third kappa shape index (κ3) is 2.39. The molecule has 0 fully saturated rings.